The van der Waals surface area contributed by atoms with Crippen LogP contribution in [0, 0.1) is 5.92 Å². The third-order valence-electron chi connectivity index (χ3n) is 3.71. The van der Waals surface area contributed by atoms with Crippen LogP contribution in [-0.4, -0.2) is 18.1 Å². The molecule has 0 bridgehead atoms. The van der Waals surface area contributed by atoms with Gasteiger partial charge in [0.15, 0.2) is 0 Å². The molecule has 1 aliphatic rings. The van der Waals surface area contributed by atoms with Crippen molar-refractivity contribution < 1.29 is 0 Å². The second-order valence-electron chi connectivity index (χ2n) is 5.07. The van der Waals surface area contributed by atoms with Crippen LogP contribution >= 0.6 is 0 Å². The first-order valence-electron chi connectivity index (χ1n) is 6.67. The highest BCUT2D eigenvalue weighted by atomic mass is 15.2. The molecule has 1 saturated carbocycles. The molecular formula is C14H23N3. The first-order valence-corrected chi connectivity index (χ1v) is 6.67. The van der Waals surface area contributed by atoms with Crippen LogP contribution in [0.25, 0.3) is 0 Å². The van der Waals surface area contributed by atoms with Gasteiger partial charge in [-0.3, -0.25) is 0 Å². The van der Waals surface area contributed by atoms with Crippen LogP contribution in [0.3, 0.4) is 0 Å². The second kappa shape index (κ2) is 5.50. The number of hydrogen-bond donors (Lipinski definition) is 1. The lowest BCUT2D eigenvalue weighted by atomic mass is 9.85. The standard InChI is InChI=1S/C14H23N3/c1-3-17(10-12-5-4-6-12)14-8-7-13(9-16-14)11(2)15/h7-9,11-12H,3-6,10,15H2,1-2H3/t11-/m1/s1. The van der Waals surface area contributed by atoms with Crippen molar-refractivity contribution in [1.29, 1.82) is 0 Å². The Morgan fingerprint density at radius 1 is 1.47 bits per heavy atom. The van der Waals surface area contributed by atoms with Gasteiger partial charge >= 0.3 is 0 Å². The van der Waals surface area contributed by atoms with Crippen molar-refractivity contribution in [3.8, 4) is 0 Å². The smallest absolute Gasteiger partial charge is 0.128 e. The summed E-state index contributed by atoms with van der Waals surface area (Å²) in [6.45, 7) is 6.37. The maximum atomic E-state index is 5.83. The summed E-state index contributed by atoms with van der Waals surface area (Å²) in [7, 11) is 0. The average molecular weight is 233 g/mol. The molecule has 2 rings (SSSR count). The maximum Gasteiger partial charge on any atom is 0.128 e. The summed E-state index contributed by atoms with van der Waals surface area (Å²) in [6.07, 6.45) is 6.07. The van der Waals surface area contributed by atoms with Gasteiger partial charge in [0.05, 0.1) is 0 Å². The first kappa shape index (κ1) is 12.4. The van der Waals surface area contributed by atoms with E-state index >= 15 is 0 Å². The minimum Gasteiger partial charge on any atom is -0.357 e. The number of anilines is 1. The van der Waals surface area contributed by atoms with Crippen LogP contribution < -0.4 is 10.6 Å². The lowest BCUT2D eigenvalue weighted by molar-refractivity contribution is 0.318. The third kappa shape index (κ3) is 2.97. The van der Waals surface area contributed by atoms with Crippen molar-refractivity contribution >= 4 is 5.82 Å². The molecule has 1 heterocycles. The van der Waals surface area contributed by atoms with Crippen LogP contribution in [-0.2, 0) is 0 Å². The van der Waals surface area contributed by atoms with Gasteiger partial charge in [0.25, 0.3) is 0 Å². The van der Waals surface area contributed by atoms with Gasteiger partial charge in [-0.2, -0.15) is 0 Å². The van der Waals surface area contributed by atoms with Gasteiger partial charge in [0, 0.05) is 25.3 Å². The van der Waals surface area contributed by atoms with Crippen molar-refractivity contribution in [2.75, 3.05) is 18.0 Å². The normalized spacial score (nSPS) is 17.6. The summed E-state index contributed by atoms with van der Waals surface area (Å²) in [5.74, 6) is 1.97. The lowest BCUT2D eigenvalue weighted by Crippen LogP contribution is -2.33. The van der Waals surface area contributed by atoms with Gasteiger partial charge in [0.2, 0.25) is 0 Å². The SMILES string of the molecule is CCN(CC1CCC1)c1ccc([C@@H](C)N)cn1. The Bertz CT molecular complexity index is 341. The van der Waals surface area contributed by atoms with Crippen molar-refractivity contribution in [3.05, 3.63) is 23.9 Å². The number of aromatic nitrogens is 1. The average Bonchev–Trinajstić information content (AvgIpc) is 2.28. The van der Waals surface area contributed by atoms with E-state index in [1.54, 1.807) is 0 Å². The predicted octanol–water partition coefficient (Wildman–Crippen LogP) is 2.73. The molecule has 0 unspecified atom stereocenters. The number of nitrogens with zero attached hydrogens (tertiary/aromatic N) is 2. The van der Waals surface area contributed by atoms with E-state index < -0.39 is 0 Å². The Labute approximate surface area is 104 Å². The number of hydrogen-bond acceptors (Lipinski definition) is 3. The molecule has 0 aliphatic heterocycles. The summed E-state index contributed by atoms with van der Waals surface area (Å²) in [6, 6.07) is 4.26. The first-order chi connectivity index (χ1) is 8.20. The topological polar surface area (TPSA) is 42.1 Å². The highest BCUT2D eigenvalue weighted by Crippen LogP contribution is 2.28. The molecule has 0 amide bonds. The highest BCUT2D eigenvalue weighted by molar-refractivity contribution is 5.39. The third-order valence-corrected chi connectivity index (χ3v) is 3.71. The summed E-state index contributed by atoms with van der Waals surface area (Å²) in [5.41, 5.74) is 6.94. The van der Waals surface area contributed by atoms with E-state index in [1.807, 2.05) is 13.1 Å². The predicted molar refractivity (Wildman–Crippen MR) is 72.1 cm³/mol. The van der Waals surface area contributed by atoms with Gasteiger partial charge in [0.1, 0.15) is 5.82 Å². The Balaban J connectivity index is 2.02. The molecule has 0 aromatic carbocycles. The molecular weight excluding hydrogens is 210 g/mol. The molecule has 3 nitrogen and oxygen atoms in total. The maximum absolute atomic E-state index is 5.83. The molecule has 3 heteroatoms. The van der Waals surface area contributed by atoms with Crippen LogP contribution in [0.15, 0.2) is 18.3 Å². The summed E-state index contributed by atoms with van der Waals surface area (Å²) in [5, 5.41) is 0. The zero-order chi connectivity index (χ0) is 12.3. The minimum absolute atomic E-state index is 0.0678. The molecule has 2 N–H and O–H groups in total. The van der Waals surface area contributed by atoms with E-state index in [0.29, 0.717) is 0 Å². The zero-order valence-corrected chi connectivity index (χ0v) is 10.9. The molecule has 0 saturated heterocycles. The molecule has 0 spiro atoms. The highest BCUT2D eigenvalue weighted by Gasteiger charge is 2.20. The lowest BCUT2D eigenvalue weighted by Gasteiger charge is -2.32. The van der Waals surface area contributed by atoms with Crippen LogP contribution in [0.4, 0.5) is 5.82 Å². The molecule has 17 heavy (non-hydrogen) atoms. The van der Waals surface area contributed by atoms with E-state index in [-0.39, 0.29) is 6.04 Å². The van der Waals surface area contributed by atoms with E-state index in [9.17, 15) is 0 Å². The van der Waals surface area contributed by atoms with Crippen LogP contribution in [0.1, 0.15) is 44.7 Å². The fourth-order valence-electron chi connectivity index (χ4n) is 2.23. The fraction of sp³-hybridized carbons (Fsp3) is 0.643. The van der Waals surface area contributed by atoms with E-state index in [0.717, 1.165) is 30.4 Å². The van der Waals surface area contributed by atoms with E-state index in [2.05, 4.69) is 28.9 Å². The van der Waals surface area contributed by atoms with Crippen molar-refractivity contribution in [2.45, 2.75) is 39.2 Å². The molecule has 0 radical (unpaired) electrons. The summed E-state index contributed by atoms with van der Waals surface area (Å²) in [4.78, 5) is 6.90. The zero-order valence-electron chi connectivity index (χ0n) is 10.9. The molecule has 1 aliphatic carbocycles. The number of nitrogens with two attached hydrogens (primary N) is 1. The largest absolute Gasteiger partial charge is 0.357 e. The van der Waals surface area contributed by atoms with Gasteiger partial charge in [-0.1, -0.05) is 12.5 Å². The second-order valence-corrected chi connectivity index (χ2v) is 5.07. The van der Waals surface area contributed by atoms with Gasteiger partial charge < -0.3 is 10.6 Å². The quantitative estimate of drug-likeness (QED) is 0.850. The van der Waals surface area contributed by atoms with Gasteiger partial charge in [-0.15, -0.1) is 0 Å². The molecule has 1 aromatic heterocycles. The van der Waals surface area contributed by atoms with E-state index in [1.165, 1.54) is 19.3 Å². The number of pyridine rings is 1. The van der Waals surface area contributed by atoms with Crippen LogP contribution in [0.5, 0.6) is 0 Å². The summed E-state index contributed by atoms with van der Waals surface area (Å²) >= 11 is 0. The Morgan fingerprint density at radius 3 is 2.65 bits per heavy atom. The van der Waals surface area contributed by atoms with E-state index in [4.69, 9.17) is 5.73 Å². The minimum atomic E-state index is 0.0678. The molecule has 94 valence electrons. The Morgan fingerprint density at radius 2 is 2.24 bits per heavy atom. The Kier molecular flexibility index (Phi) is 4.00. The van der Waals surface area contributed by atoms with Crippen molar-refractivity contribution in [3.63, 3.8) is 0 Å². The Hall–Kier alpha value is -1.09. The molecule has 1 atom stereocenters. The van der Waals surface area contributed by atoms with Crippen molar-refractivity contribution in [1.82, 2.24) is 4.98 Å². The summed E-state index contributed by atoms with van der Waals surface area (Å²) < 4.78 is 0. The van der Waals surface area contributed by atoms with Crippen molar-refractivity contribution in [2.24, 2.45) is 11.7 Å². The fourth-order valence-corrected chi connectivity index (χ4v) is 2.23. The van der Waals surface area contributed by atoms with Gasteiger partial charge in [-0.25, -0.2) is 4.98 Å². The molecule has 1 aromatic rings. The monoisotopic (exact) mass is 233 g/mol. The number of rotatable bonds is 5. The molecule has 1 fully saturated rings. The van der Waals surface area contributed by atoms with Crippen LogP contribution in [0.2, 0.25) is 0 Å². The van der Waals surface area contributed by atoms with Gasteiger partial charge in [-0.05, 0) is 44.2 Å².